The molecule has 0 aromatic carbocycles. The average Bonchev–Trinajstić information content (AvgIpc) is 2.35. The van der Waals surface area contributed by atoms with Gasteiger partial charge in [-0.2, -0.15) is 0 Å². The molecule has 2 unspecified atom stereocenters. The summed E-state index contributed by atoms with van der Waals surface area (Å²) < 4.78 is 0. The fourth-order valence-corrected chi connectivity index (χ4v) is 3.17. The first-order chi connectivity index (χ1) is 9.52. The topological polar surface area (TPSA) is 28.2 Å². The van der Waals surface area contributed by atoms with Crippen molar-refractivity contribution in [1.29, 1.82) is 0 Å². The van der Waals surface area contributed by atoms with Gasteiger partial charge < -0.3 is 5.32 Å². The highest BCUT2D eigenvalue weighted by Crippen LogP contribution is 2.22. The van der Waals surface area contributed by atoms with Crippen LogP contribution in [0.3, 0.4) is 0 Å². The van der Waals surface area contributed by atoms with E-state index in [0.717, 1.165) is 30.6 Å². The van der Waals surface area contributed by atoms with Crippen molar-refractivity contribution in [2.45, 2.75) is 53.2 Å². The Morgan fingerprint density at radius 2 is 1.85 bits per heavy atom. The molecule has 2 heterocycles. The van der Waals surface area contributed by atoms with Crippen LogP contribution >= 0.6 is 0 Å². The number of pyridine rings is 1. The molecule has 1 aromatic heterocycles. The lowest BCUT2D eigenvalue weighted by molar-refractivity contribution is 0.133. The van der Waals surface area contributed by atoms with E-state index in [2.05, 4.69) is 56.1 Å². The maximum atomic E-state index is 4.78. The smallest absolute Gasteiger partial charge is 0.0547 e. The van der Waals surface area contributed by atoms with Crippen molar-refractivity contribution in [3.8, 4) is 0 Å². The zero-order chi connectivity index (χ0) is 14.5. The van der Waals surface area contributed by atoms with Crippen molar-refractivity contribution >= 4 is 0 Å². The van der Waals surface area contributed by atoms with Gasteiger partial charge in [-0.25, -0.2) is 0 Å². The van der Waals surface area contributed by atoms with Gasteiger partial charge in [0, 0.05) is 32.2 Å². The summed E-state index contributed by atoms with van der Waals surface area (Å²) in [7, 11) is 0. The van der Waals surface area contributed by atoms with E-state index in [-0.39, 0.29) is 0 Å². The van der Waals surface area contributed by atoms with E-state index in [1.54, 1.807) is 0 Å². The number of hydrogen-bond acceptors (Lipinski definition) is 3. The number of piperidine rings is 1. The monoisotopic (exact) mass is 275 g/mol. The number of nitrogens with one attached hydrogen (secondary N) is 1. The van der Waals surface area contributed by atoms with Gasteiger partial charge in [0.15, 0.2) is 0 Å². The van der Waals surface area contributed by atoms with Gasteiger partial charge >= 0.3 is 0 Å². The van der Waals surface area contributed by atoms with E-state index in [4.69, 9.17) is 4.98 Å². The first-order valence-electron chi connectivity index (χ1n) is 7.93. The predicted molar refractivity (Wildman–Crippen MR) is 84.4 cm³/mol. The van der Waals surface area contributed by atoms with Gasteiger partial charge in [0.1, 0.15) is 0 Å². The molecule has 1 fully saturated rings. The van der Waals surface area contributed by atoms with E-state index in [1.165, 1.54) is 25.2 Å². The van der Waals surface area contributed by atoms with Gasteiger partial charge in [0.2, 0.25) is 0 Å². The van der Waals surface area contributed by atoms with Gasteiger partial charge in [0.25, 0.3) is 0 Å². The molecule has 2 rings (SSSR count). The Bertz CT molecular complexity index is 406. The third-order valence-electron chi connectivity index (χ3n) is 3.89. The third kappa shape index (κ3) is 4.88. The standard InChI is InChI=1S/C17H29N3/c1-13(2)18-9-16-6-5-7-17(19-16)12-20-10-14(3)8-15(4)11-20/h5-7,13-15,18H,8-12H2,1-4H3. The zero-order valence-electron chi connectivity index (χ0n) is 13.4. The van der Waals surface area contributed by atoms with Crippen LogP contribution in [-0.4, -0.2) is 29.0 Å². The summed E-state index contributed by atoms with van der Waals surface area (Å²) in [6.45, 7) is 13.3. The fourth-order valence-electron chi connectivity index (χ4n) is 3.17. The van der Waals surface area contributed by atoms with E-state index < -0.39 is 0 Å². The molecular weight excluding hydrogens is 246 g/mol. The van der Waals surface area contributed by atoms with Crippen LogP contribution in [0.2, 0.25) is 0 Å². The fraction of sp³-hybridized carbons (Fsp3) is 0.706. The normalized spacial score (nSPS) is 24.2. The minimum absolute atomic E-state index is 0.504. The largest absolute Gasteiger partial charge is 0.309 e. The van der Waals surface area contributed by atoms with E-state index >= 15 is 0 Å². The molecule has 0 saturated carbocycles. The van der Waals surface area contributed by atoms with Crippen LogP contribution in [0.25, 0.3) is 0 Å². The van der Waals surface area contributed by atoms with Gasteiger partial charge in [-0.05, 0) is 30.4 Å². The molecule has 1 saturated heterocycles. The number of nitrogens with zero attached hydrogens (tertiary/aromatic N) is 2. The molecule has 0 spiro atoms. The van der Waals surface area contributed by atoms with Gasteiger partial charge in [0.05, 0.1) is 11.4 Å². The quantitative estimate of drug-likeness (QED) is 0.895. The van der Waals surface area contributed by atoms with Crippen LogP contribution in [0.5, 0.6) is 0 Å². The van der Waals surface area contributed by atoms with Crippen LogP contribution in [0.15, 0.2) is 18.2 Å². The summed E-state index contributed by atoms with van der Waals surface area (Å²) in [5.41, 5.74) is 2.35. The van der Waals surface area contributed by atoms with Crippen LogP contribution in [-0.2, 0) is 13.1 Å². The van der Waals surface area contributed by atoms with Crippen molar-refractivity contribution in [1.82, 2.24) is 15.2 Å². The summed E-state index contributed by atoms with van der Waals surface area (Å²) in [6, 6.07) is 6.91. The Kier molecular flexibility index (Phi) is 5.55. The predicted octanol–water partition coefficient (Wildman–Crippen LogP) is 3.06. The lowest BCUT2D eigenvalue weighted by Crippen LogP contribution is -2.38. The summed E-state index contributed by atoms with van der Waals surface area (Å²) in [4.78, 5) is 7.34. The Morgan fingerprint density at radius 1 is 1.20 bits per heavy atom. The number of rotatable bonds is 5. The molecule has 3 heteroatoms. The van der Waals surface area contributed by atoms with Crippen molar-refractivity contribution in [3.63, 3.8) is 0 Å². The first kappa shape index (κ1) is 15.5. The number of likely N-dealkylation sites (tertiary alicyclic amines) is 1. The van der Waals surface area contributed by atoms with E-state index in [1.807, 2.05) is 0 Å². The Morgan fingerprint density at radius 3 is 2.50 bits per heavy atom. The molecule has 1 aliphatic heterocycles. The second-order valence-corrected chi connectivity index (χ2v) is 6.80. The molecule has 3 nitrogen and oxygen atoms in total. The Hall–Kier alpha value is -0.930. The second-order valence-electron chi connectivity index (χ2n) is 6.80. The highest BCUT2D eigenvalue weighted by molar-refractivity contribution is 5.11. The Balaban J connectivity index is 1.93. The third-order valence-corrected chi connectivity index (χ3v) is 3.89. The van der Waals surface area contributed by atoms with Gasteiger partial charge in [-0.1, -0.05) is 33.8 Å². The second kappa shape index (κ2) is 7.19. The molecule has 112 valence electrons. The molecule has 1 aliphatic rings. The van der Waals surface area contributed by atoms with Crippen LogP contribution in [0.4, 0.5) is 0 Å². The molecule has 1 N–H and O–H groups in total. The Labute approximate surface area is 123 Å². The highest BCUT2D eigenvalue weighted by Gasteiger charge is 2.21. The lowest BCUT2D eigenvalue weighted by Gasteiger charge is -2.34. The minimum Gasteiger partial charge on any atom is -0.309 e. The summed E-state index contributed by atoms with van der Waals surface area (Å²) in [5.74, 6) is 1.62. The molecule has 2 atom stereocenters. The highest BCUT2D eigenvalue weighted by atomic mass is 15.1. The van der Waals surface area contributed by atoms with Crippen molar-refractivity contribution in [2.24, 2.45) is 11.8 Å². The minimum atomic E-state index is 0.504. The molecule has 1 aromatic rings. The maximum absolute atomic E-state index is 4.78. The van der Waals surface area contributed by atoms with E-state index in [9.17, 15) is 0 Å². The lowest BCUT2D eigenvalue weighted by atomic mass is 9.92. The summed E-state index contributed by atoms with van der Waals surface area (Å²) in [5, 5.41) is 3.43. The van der Waals surface area contributed by atoms with Crippen molar-refractivity contribution in [2.75, 3.05) is 13.1 Å². The molecule has 0 bridgehead atoms. The molecule has 0 amide bonds. The summed E-state index contributed by atoms with van der Waals surface area (Å²) in [6.07, 6.45) is 1.36. The van der Waals surface area contributed by atoms with Crippen LogP contribution in [0, 0.1) is 11.8 Å². The zero-order valence-corrected chi connectivity index (χ0v) is 13.4. The van der Waals surface area contributed by atoms with E-state index in [0.29, 0.717) is 6.04 Å². The van der Waals surface area contributed by atoms with Crippen LogP contribution < -0.4 is 5.32 Å². The molecule has 0 radical (unpaired) electrons. The molecular formula is C17H29N3. The van der Waals surface area contributed by atoms with Crippen LogP contribution in [0.1, 0.15) is 45.5 Å². The summed E-state index contributed by atoms with van der Waals surface area (Å²) >= 11 is 0. The maximum Gasteiger partial charge on any atom is 0.0547 e. The molecule has 20 heavy (non-hydrogen) atoms. The SMILES string of the molecule is CC1CC(C)CN(Cc2cccc(CNC(C)C)n2)C1. The average molecular weight is 275 g/mol. The van der Waals surface area contributed by atoms with Gasteiger partial charge in [-0.15, -0.1) is 0 Å². The van der Waals surface area contributed by atoms with Crippen molar-refractivity contribution < 1.29 is 0 Å². The molecule has 0 aliphatic carbocycles. The number of aromatic nitrogens is 1. The van der Waals surface area contributed by atoms with Crippen molar-refractivity contribution in [3.05, 3.63) is 29.6 Å². The number of hydrogen-bond donors (Lipinski definition) is 1. The van der Waals surface area contributed by atoms with Gasteiger partial charge in [-0.3, -0.25) is 9.88 Å². The first-order valence-corrected chi connectivity index (χ1v) is 7.93.